The van der Waals surface area contributed by atoms with Crippen molar-refractivity contribution in [2.24, 2.45) is 11.7 Å². The molecule has 1 fully saturated rings. The number of methoxy groups -OCH3 is 1. The van der Waals surface area contributed by atoms with Gasteiger partial charge in [0.15, 0.2) is 0 Å². The highest BCUT2D eigenvalue weighted by Crippen LogP contribution is 2.28. The average molecular weight is 386 g/mol. The van der Waals surface area contributed by atoms with E-state index in [9.17, 15) is 14.0 Å². The van der Waals surface area contributed by atoms with Crippen LogP contribution in [0.25, 0.3) is 0 Å². The van der Waals surface area contributed by atoms with E-state index in [1.165, 1.54) is 19.2 Å². The van der Waals surface area contributed by atoms with Crippen molar-refractivity contribution in [1.82, 2.24) is 4.90 Å². The number of likely N-dealkylation sites (tertiary alicyclic amines) is 1. The van der Waals surface area contributed by atoms with Crippen molar-refractivity contribution < 1.29 is 23.5 Å². The van der Waals surface area contributed by atoms with E-state index in [2.05, 4.69) is 0 Å². The zero-order valence-corrected chi connectivity index (χ0v) is 15.6. The van der Waals surface area contributed by atoms with Crippen molar-refractivity contribution in [2.45, 2.75) is 18.9 Å². The summed E-state index contributed by atoms with van der Waals surface area (Å²) in [4.78, 5) is 26.2. The van der Waals surface area contributed by atoms with Gasteiger partial charge in [-0.15, -0.1) is 0 Å². The van der Waals surface area contributed by atoms with Crippen molar-refractivity contribution in [3.63, 3.8) is 0 Å². The Morgan fingerprint density at radius 1 is 1.18 bits per heavy atom. The Morgan fingerprint density at radius 3 is 2.57 bits per heavy atom. The summed E-state index contributed by atoms with van der Waals surface area (Å²) in [5.41, 5.74) is 5.88. The molecule has 7 heteroatoms. The standard InChI is InChI=1S/C21H23FN2O4/c1-27-19-5-3-2-4-17(19)21(26)24-11-10-18(14(13-24)12-20(23)25)28-16-8-6-15(22)7-9-16/h2-9,14,18H,10-13H2,1H3,(H2,23,25)/t14-,18-/m0/s1. The summed E-state index contributed by atoms with van der Waals surface area (Å²) in [7, 11) is 1.52. The normalized spacial score (nSPS) is 19.1. The summed E-state index contributed by atoms with van der Waals surface area (Å²) >= 11 is 0. The first-order valence-corrected chi connectivity index (χ1v) is 9.10. The quantitative estimate of drug-likeness (QED) is 0.827. The number of para-hydroxylation sites is 1. The fourth-order valence-electron chi connectivity index (χ4n) is 3.48. The molecule has 2 atom stereocenters. The number of benzene rings is 2. The molecule has 0 spiro atoms. The third kappa shape index (κ3) is 4.60. The lowest BCUT2D eigenvalue weighted by Gasteiger charge is -2.38. The Labute approximate surface area is 163 Å². The van der Waals surface area contributed by atoms with Crippen LogP contribution < -0.4 is 15.2 Å². The molecule has 1 aliphatic heterocycles. The van der Waals surface area contributed by atoms with Crippen LogP contribution in [0.4, 0.5) is 4.39 Å². The van der Waals surface area contributed by atoms with Crippen LogP contribution in [0, 0.1) is 11.7 Å². The van der Waals surface area contributed by atoms with Gasteiger partial charge in [-0.25, -0.2) is 4.39 Å². The van der Waals surface area contributed by atoms with Gasteiger partial charge in [-0.2, -0.15) is 0 Å². The van der Waals surface area contributed by atoms with Crippen LogP contribution in [0.15, 0.2) is 48.5 Å². The number of primary amides is 1. The maximum atomic E-state index is 13.1. The minimum Gasteiger partial charge on any atom is -0.496 e. The van der Waals surface area contributed by atoms with Gasteiger partial charge in [-0.3, -0.25) is 9.59 Å². The molecule has 1 aliphatic rings. The molecule has 1 saturated heterocycles. The van der Waals surface area contributed by atoms with Gasteiger partial charge in [-0.1, -0.05) is 12.1 Å². The number of hydrogen-bond acceptors (Lipinski definition) is 4. The van der Waals surface area contributed by atoms with Crippen molar-refractivity contribution in [3.8, 4) is 11.5 Å². The van der Waals surface area contributed by atoms with Crippen molar-refractivity contribution in [1.29, 1.82) is 0 Å². The van der Waals surface area contributed by atoms with Crippen LogP contribution in [-0.4, -0.2) is 43.0 Å². The number of amides is 2. The summed E-state index contributed by atoms with van der Waals surface area (Å²) in [6.07, 6.45) is 0.345. The molecule has 6 nitrogen and oxygen atoms in total. The van der Waals surface area contributed by atoms with E-state index in [1.54, 1.807) is 41.3 Å². The molecule has 2 aromatic rings. The second-order valence-electron chi connectivity index (χ2n) is 6.78. The van der Waals surface area contributed by atoms with Gasteiger partial charge in [0.25, 0.3) is 5.91 Å². The first kappa shape index (κ1) is 19.7. The highest BCUT2D eigenvalue weighted by Gasteiger charge is 2.34. The fourth-order valence-corrected chi connectivity index (χ4v) is 3.48. The van der Waals surface area contributed by atoms with Gasteiger partial charge in [0.1, 0.15) is 23.4 Å². The predicted octanol–water partition coefficient (Wildman–Crippen LogP) is 2.62. The molecule has 0 aliphatic carbocycles. The number of hydrogen-bond donors (Lipinski definition) is 1. The summed E-state index contributed by atoms with van der Waals surface area (Å²) in [6, 6.07) is 12.8. The van der Waals surface area contributed by atoms with Crippen LogP contribution in [-0.2, 0) is 4.79 Å². The van der Waals surface area contributed by atoms with Crippen LogP contribution in [0.5, 0.6) is 11.5 Å². The summed E-state index contributed by atoms with van der Waals surface area (Å²) < 4.78 is 24.4. The molecule has 28 heavy (non-hydrogen) atoms. The Morgan fingerprint density at radius 2 is 1.89 bits per heavy atom. The molecule has 3 rings (SSSR count). The lowest BCUT2D eigenvalue weighted by molar-refractivity contribution is -0.120. The topological polar surface area (TPSA) is 81.9 Å². The zero-order chi connectivity index (χ0) is 20.1. The first-order valence-electron chi connectivity index (χ1n) is 9.10. The molecule has 0 unspecified atom stereocenters. The van der Waals surface area contributed by atoms with Gasteiger partial charge < -0.3 is 20.1 Å². The second kappa shape index (κ2) is 8.73. The van der Waals surface area contributed by atoms with Gasteiger partial charge in [0.2, 0.25) is 5.91 Å². The fraction of sp³-hybridized carbons (Fsp3) is 0.333. The number of rotatable bonds is 6. The number of piperidine rings is 1. The second-order valence-corrected chi connectivity index (χ2v) is 6.78. The zero-order valence-electron chi connectivity index (χ0n) is 15.6. The van der Waals surface area contributed by atoms with Gasteiger partial charge in [0.05, 0.1) is 12.7 Å². The summed E-state index contributed by atoms with van der Waals surface area (Å²) in [6.45, 7) is 0.809. The van der Waals surface area contributed by atoms with E-state index in [0.717, 1.165) is 0 Å². The molecule has 2 aromatic carbocycles. The van der Waals surface area contributed by atoms with E-state index in [4.69, 9.17) is 15.2 Å². The Kier molecular flexibility index (Phi) is 6.13. The number of carbonyl (C=O) groups excluding carboxylic acids is 2. The Bertz CT molecular complexity index is 841. The number of halogens is 1. The smallest absolute Gasteiger partial charge is 0.257 e. The van der Waals surface area contributed by atoms with E-state index < -0.39 is 5.91 Å². The number of ether oxygens (including phenoxy) is 2. The Hall–Kier alpha value is -3.09. The summed E-state index contributed by atoms with van der Waals surface area (Å²) in [5.74, 6) is -0.196. The molecule has 0 saturated carbocycles. The third-order valence-corrected chi connectivity index (χ3v) is 4.85. The Balaban J connectivity index is 1.75. The van der Waals surface area contributed by atoms with Crippen LogP contribution >= 0.6 is 0 Å². The van der Waals surface area contributed by atoms with Gasteiger partial charge in [-0.05, 0) is 36.4 Å². The molecule has 1 heterocycles. The number of nitrogens with zero attached hydrogens (tertiary/aromatic N) is 1. The van der Waals surface area contributed by atoms with E-state index >= 15 is 0 Å². The first-order chi connectivity index (χ1) is 13.5. The van der Waals surface area contributed by atoms with Crippen molar-refractivity contribution >= 4 is 11.8 Å². The highest BCUT2D eigenvalue weighted by atomic mass is 19.1. The van der Waals surface area contributed by atoms with Crippen LogP contribution in [0.1, 0.15) is 23.2 Å². The van der Waals surface area contributed by atoms with Crippen LogP contribution in [0.2, 0.25) is 0 Å². The van der Waals surface area contributed by atoms with Crippen molar-refractivity contribution in [3.05, 3.63) is 59.9 Å². The molecule has 0 bridgehead atoms. The van der Waals surface area contributed by atoms with Gasteiger partial charge >= 0.3 is 0 Å². The average Bonchev–Trinajstić information content (AvgIpc) is 2.70. The molecule has 2 N–H and O–H groups in total. The van der Waals surface area contributed by atoms with Gasteiger partial charge in [0, 0.05) is 31.8 Å². The van der Waals surface area contributed by atoms with E-state index in [-0.39, 0.29) is 30.2 Å². The van der Waals surface area contributed by atoms with Crippen LogP contribution in [0.3, 0.4) is 0 Å². The molecule has 0 radical (unpaired) electrons. The minimum atomic E-state index is -0.454. The number of carbonyl (C=O) groups is 2. The van der Waals surface area contributed by atoms with E-state index in [0.29, 0.717) is 36.6 Å². The minimum absolute atomic E-state index is 0.0988. The molecule has 0 aromatic heterocycles. The SMILES string of the molecule is COc1ccccc1C(=O)N1CC[C@H](Oc2ccc(F)cc2)[C@@H](CC(N)=O)C1. The number of nitrogens with two attached hydrogens (primary N) is 1. The maximum absolute atomic E-state index is 13.1. The van der Waals surface area contributed by atoms with Crippen molar-refractivity contribution in [2.75, 3.05) is 20.2 Å². The molecular formula is C21H23FN2O4. The largest absolute Gasteiger partial charge is 0.496 e. The highest BCUT2D eigenvalue weighted by molar-refractivity contribution is 5.97. The summed E-state index contributed by atoms with van der Waals surface area (Å²) in [5, 5.41) is 0. The lowest BCUT2D eigenvalue weighted by atomic mass is 9.90. The molecular weight excluding hydrogens is 363 g/mol. The molecule has 148 valence electrons. The lowest BCUT2D eigenvalue weighted by Crippen LogP contribution is -2.49. The molecule has 2 amide bonds. The monoisotopic (exact) mass is 386 g/mol. The maximum Gasteiger partial charge on any atom is 0.257 e. The third-order valence-electron chi connectivity index (χ3n) is 4.85. The predicted molar refractivity (Wildman–Crippen MR) is 102 cm³/mol. The van der Waals surface area contributed by atoms with E-state index in [1.807, 2.05) is 0 Å².